The molecule has 16 heavy (non-hydrogen) atoms. The first-order valence-corrected chi connectivity index (χ1v) is 7.09. The van der Waals surface area contributed by atoms with Gasteiger partial charge in [-0.25, -0.2) is 0 Å². The van der Waals surface area contributed by atoms with Crippen LogP contribution in [0.2, 0.25) is 0 Å². The highest BCUT2D eigenvalue weighted by Crippen LogP contribution is 2.32. The topological polar surface area (TPSA) is 21.3 Å². The van der Waals surface area contributed by atoms with E-state index in [1.165, 1.54) is 25.7 Å². The molecule has 3 atom stereocenters. The summed E-state index contributed by atoms with van der Waals surface area (Å²) < 4.78 is 5.73. The predicted octanol–water partition coefficient (Wildman–Crippen LogP) is 3.22. The van der Waals surface area contributed by atoms with E-state index < -0.39 is 0 Å². The molecule has 0 aromatic rings. The molecule has 2 heteroatoms. The summed E-state index contributed by atoms with van der Waals surface area (Å²) >= 11 is 0. The number of hydrogen-bond donors (Lipinski definition) is 1. The summed E-state index contributed by atoms with van der Waals surface area (Å²) in [5.41, 5.74) is 0. The van der Waals surface area contributed by atoms with Crippen molar-refractivity contribution in [3.8, 4) is 0 Å². The van der Waals surface area contributed by atoms with Crippen molar-refractivity contribution in [3.63, 3.8) is 0 Å². The van der Waals surface area contributed by atoms with Gasteiger partial charge in [-0.3, -0.25) is 0 Å². The van der Waals surface area contributed by atoms with Crippen LogP contribution < -0.4 is 5.32 Å². The number of nitrogens with one attached hydrogen (secondary N) is 1. The molecule has 1 rings (SSSR count). The molecule has 0 amide bonds. The molecule has 2 nitrogen and oxygen atoms in total. The number of rotatable bonds is 8. The second-order valence-corrected chi connectivity index (χ2v) is 5.31. The molecule has 0 heterocycles. The van der Waals surface area contributed by atoms with Crippen LogP contribution in [0.15, 0.2) is 0 Å². The van der Waals surface area contributed by atoms with Gasteiger partial charge in [0.05, 0.1) is 6.61 Å². The quantitative estimate of drug-likeness (QED) is 0.643. The lowest BCUT2D eigenvalue weighted by Gasteiger charge is -2.24. The summed E-state index contributed by atoms with van der Waals surface area (Å²) in [6.07, 6.45) is 6.52. The SMILES string of the molecule is CCCNC(COCCC)C1CCC(C)C1. The Bertz CT molecular complexity index is 172. The molecule has 0 bridgehead atoms. The van der Waals surface area contributed by atoms with Gasteiger partial charge in [0.1, 0.15) is 0 Å². The Morgan fingerprint density at radius 3 is 2.62 bits per heavy atom. The third-order valence-corrected chi connectivity index (χ3v) is 3.61. The molecular formula is C14H29NO. The largest absolute Gasteiger partial charge is 0.380 e. The highest BCUT2D eigenvalue weighted by Gasteiger charge is 2.28. The normalized spacial score (nSPS) is 27.2. The maximum absolute atomic E-state index is 5.73. The van der Waals surface area contributed by atoms with Gasteiger partial charge in [0.2, 0.25) is 0 Å². The second-order valence-electron chi connectivity index (χ2n) is 5.31. The number of hydrogen-bond acceptors (Lipinski definition) is 2. The van der Waals surface area contributed by atoms with E-state index in [0.717, 1.165) is 38.0 Å². The molecule has 1 fully saturated rings. The summed E-state index contributed by atoms with van der Waals surface area (Å²) in [4.78, 5) is 0. The fourth-order valence-electron chi connectivity index (χ4n) is 2.66. The van der Waals surface area contributed by atoms with Crippen LogP contribution in [0.4, 0.5) is 0 Å². The zero-order chi connectivity index (χ0) is 11.8. The van der Waals surface area contributed by atoms with Crippen molar-refractivity contribution in [1.82, 2.24) is 5.32 Å². The predicted molar refractivity (Wildman–Crippen MR) is 69.7 cm³/mol. The Morgan fingerprint density at radius 2 is 2.06 bits per heavy atom. The Labute approximate surface area is 101 Å². The van der Waals surface area contributed by atoms with E-state index in [2.05, 4.69) is 26.1 Å². The standard InChI is InChI=1S/C14H29NO/c1-4-8-15-14(11-16-9-5-2)13-7-6-12(3)10-13/h12-15H,4-11H2,1-3H3. The Morgan fingerprint density at radius 1 is 1.25 bits per heavy atom. The van der Waals surface area contributed by atoms with Crippen molar-refractivity contribution in [3.05, 3.63) is 0 Å². The van der Waals surface area contributed by atoms with Gasteiger partial charge in [0, 0.05) is 12.6 Å². The van der Waals surface area contributed by atoms with Gasteiger partial charge in [0.25, 0.3) is 0 Å². The number of ether oxygens (including phenoxy) is 1. The van der Waals surface area contributed by atoms with Gasteiger partial charge in [-0.15, -0.1) is 0 Å². The maximum Gasteiger partial charge on any atom is 0.0622 e. The van der Waals surface area contributed by atoms with Crippen LogP contribution in [-0.2, 0) is 4.74 Å². The molecule has 0 spiro atoms. The smallest absolute Gasteiger partial charge is 0.0622 e. The molecule has 1 aliphatic carbocycles. The van der Waals surface area contributed by atoms with Crippen molar-refractivity contribution in [1.29, 1.82) is 0 Å². The lowest BCUT2D eigenvalue weighted by Crippen LogP contribution is -2.39. The van der Waals surface area contributed by atoms with Gasteiger partial charge >= 0.3 is 0 Å². The van der Waals surface area contributed by atoms with Crippen molar-refractivity contribution in [2.45, 2.75) is 58.9 Å². The molecule has 0 saturated heterocycles. The van der Waals surface area contributed by atoms with Crippen molar-refractivity contribution < 1.29 is 4.74 Å². The van der Waals surface area contributed by atoms with Gasteiger partial charge in [0.15, 0.2) is 0 Å². The average Bonchev–Trinajstić information content (AvgIpc) is 2.70. The van der Waals surface area contributed by atoms with Gasteiger partial charge < -0.3 is 10.1 Å². The highest BCUT2D eigenvalue weighted by molar-refractivity contribution is 4.83. The highest BCUT2D eigenvalue weighted by atomic mass is 16.5. The van der Waals surface area contributed by atoms with Crippen LogP contribution in [-0.4, -0.2) is 25.8 Å². The van der Waals surface area contributed by atoms with Gasteiger partial charge in [-0.1, -0.05) is 27.2 Å². The third-order valence-electron chi connectivity index (χ3n) is 3.61. The van der Waals surface area contributed by atoms with E-state index in [1.807, 2.05) is 0 Å². The van der Waals surface area contributed by atoms with Crippen LogP contribution in [0.3, 0.4) is 0 Å². The fraction of sp³-hybridized carbons (Fsp3) is 1.00. The zero-order valence-electron chi connectivity index (χ0n) is 11.3. The van der Waals surface area contributed by atoms with Crippen LogP contribution in [0.1, 0.15) is 52.9 Å². The molecule has 0 radical (unpaired) electrons. The lowest BCUT2D eigenvalue weighted by molar-refractivity contribution is 0.0934. The Kier molecular flexibility index (Phi) is 7.06. The molecule has 0 aromatic carbocycles. The summed E-state index contributed by atoms with van der Waals surface area (Å²) in [5, 5.41) is 3.67. The van der Waals surface area contributed by atoms with Gasteiger partial charge in [-0.2, -0.15) is 0 Å². The molecule has 1 N–H and O–H groups in total. The van der Waals surface area contributed by atoms with E-state index in [0.29, 0.717) is 6.04 Å². The van der Waals surface area contributed by atoms with E-state index in [-0.39, 0.29) is 0 Å². The minimum Gasteiger partial charge on any atom is -0.380 e. The molecule has 3 unspecified atom stereocenters. The maximum atomic E-state index is 5.73. The minimum absolute atomic E-state index is 0.594. The van der Waals surface area contributed by atoms with Crippen LogP contribution in [0, 0.1) is 11.8 Å². The minimum atomic E-state index is 0.594. The first-order valence-electron chi connectivity index (χ1n) is 7.09. The van der Waals surface area contributed by atoms with E-state index in [4.69, 9.17) is 4.74 Å². The summed E-state index contributed by atoms with van der Waals surface area (Å²) in [6.45, 7) is 9.73. The van der Waals surface area contributed by atoms with Crippen molar-refractivity contribution in [2.24, 2.45) is 11.8 Å². The summed E-state index contributed by atoms with van der Waals surface area (Å²) in [5.74, 6) is 1.76. The summed E-state index contributed by atoms with van der Waals surface area (Å²) in [6, 6.07) is 0.594. The first-order chi connectivity index (χ1) is 7.77. The van der Waals surface area contributed by atoms with Crippen LogP contribution >= 0.6 is 0 Å². The van der Waals surface area contributed by atoms with Crippen LogP contribution in [0.25, 0.3) is 0 Å². The monoisotopic (exact) mass is 227 g/mol. The van der Waals surface area contributed by atoms with E-state index in [9.17, 15) is 0 Å². The van der Waals surface area contributed by atoms with E-state index in [1.54, 1.807) is 0 Å². The third kappa shape index (κ3) is 4.84. The lowest BCUT2D eigenvalue weighted by atomic mass is 9.97. The van der Waals surface area contributed by atoms with Crippen molar-refractivity contribution >= 4 is 0 Å². The van der Waals surface area contributed by atoms with E-state index >= 15 is 0 Å². The molecule has 0 aromatic heterocycles. The van der Waals surface area contributed by atoms with Crippen molar-refractivity contribution in [2.75, 3.05) is 19.8 Å². The first kappa shape index (κ1) is 14.0. The fourth-order valence-corrected chi connectivity index (χ4v) is 2.66. The average molecular weight is 227 g/mol. The molecule has 0 aliphatic heterocycles. The molecule has 96 valence electrons. The Balaban J connectivity index is 2.30. The van der Waals surface area contributed by atoms with Crippen LogP contribution in [0.5, 0.6) is 0 Å². The summed E-state index contributed by atoms with van der Waals surface area (Å²) in [7, 11) is 0. The second kappa shape index (κ2) is 8.08. The zero-order valence-corrected chi connectivity index (χ0v) is 11.3. The Hall–Kier alpha value is -0.0800. The molecular weight excluding hydrogens is 198 g/mol. The van der Waals surface area contributed by atoms with Gasteiger partial charge in [-0.05, 0) is 44.1 Å². The molecule has 1 aliphatic rings. The molecule has 1 saturated carbocycles.